The Morgan fingerprint density at radius 2 is 2.07 bits per heavy atom. The van der Waals surface area contributed by atoms with Gasteiger partial charge in [-0.25, -0.2) is 0 Å². The molecule has 0 radical (unpaired) electrons. The highest BCUT2D eigenvalue weighted by atomic mass is 79.9. The van der Waals surface area contributed by atoms with Crippen LogP contribution in [0.4, 0.5) is 0 Å². The van der Waals surface area contributed by atoms with Gasteiger partial charge in [-0.1, -0.05) is 39.1 Å². The summed E-state index contributed by atoms with van der Waals surface area (Å²) >= 11 is 15.3. The van der Waals surface area contributed by atoms with Gasteiger partial charge in [0.1, 0.15) is 5.75 Å². The van der Waals surface area contributed by atoms with E-state index < -0.39 is 0 Å². The molecule has 0 N–H and O–H groups in total. The van der Waals surface area contributed by atoms with Crippen molar-refractivity contribution in [1.29, 1.82) is 0 Å². The Balaban J connectivity index is 1.99. The highest BCUT2D eigenvalue weighted by molar-refractivity contribution is 9.09. The Bertz CT molecular complexity index is 364. The number of alkyl halides is 1. The van der Waals surface area contributed by atoms with Crippen molar-refractivity contribution < 1.29 is 4.74 Å². The van der Waals surface area contributed by atoms with Crippen LogP contribution in [0, 0.1) is 5.41 Å². The van der Waals surface area contributed by atoms with Crippen LogP contribution in [0.5, 0.6) is 5.75 Å². The van der Waals surface area contributed by atoms with Crippen molar-refractivity contribution in [3.63, 3.8) is 0 Å². The topological polar surface area (TPSA) is 9.23 Å². The van der Waals surface area contributed by atoms with E-state index in [0.717, 1.165) is 11.9 Å². The molecular weight excluding hydrogens is 299 g/mol. The van der Waals surface area contributed by atoms with Crippen LogP contribution < -0.4 is 4.74 Å². The Hall–Kier alpha value is 0.0800. The molecule has 1 aliphatic carbocycles. The Morgan fingerprint density at radius 3 is 2.60 bits per heavy atom. The lowest BCUT2D eigenvalue weighted by Gasteiger charge is -2.14. The monoisotopic (exact) mass is 308 g/mol. The van der Waals surface area contributed by atoms with Crippen molar-refractivity contribution in [2.75, 3.05) is 11.9 Å². The summed E-state index contributed by atoms with van der Waals surface area (Å²) in [6.45, 7) is 0.722. The van der Waals surface area contributed by atoms with Gasteiger partial charge in [0.15, 0.2) is 0 Å². The van der Waals surface area contributed by atoms with Gasteiger partial charge in [0.25, 0.3) is 0 Å². The quantitative estimate of drug-likeness (QED) is 0.742. The molecule has 0 saturated heterocycles. The summed E-state index contributed by atoms with van der Waals surface area (Å²) in [4.78, 5) is 0. The maximum atomic E-state index is 6.00. The number of hydrogen-bond acceptors (Lipinski definition) is 1. The van der Waals surface area contributed by atoms with Gasteiger partial charge in [0.05, 0.1) is 11.6 Å². The number of benzene rings is 1. The molecule has 0 spiro atoms. The molecule has 1 nitrogen and oxygen atoms in total. The first-order valence-electron chi connectivity index (χ1n) is 4.79. The van der Waals surface area contributed by atoms with Crippen molar-refractivity contribution in [3.05, 3.63) is 28.2 Å². The molecule has 0 aromatic heterocycles. The SMILES string of the molecule is Clc1ccc(OCC2(CBr)CC2)c(Cl)c1. The lowest BCUT2D eigenvalue weighted by molar-refractivity contribution is 0.251. The second kappa shape index (κ2) is 4.52. The molecule has 0 heterocycles. The maximum absolute atomic E-state index is 6.00. The van der Waals surface area contributed by atoms with Crippen LogP contribution in [0.2, 0.25) is 10.0 Å². The van der Waals surface area contributed by atoms with E-state index in [2.05, 4.69) is 15.9 Å². The first kappa shape index (κ1) is 11.6. The minimum Gasteiger partial charge on any atom is -0.491 e. The molecule has 15 heavy (non-hydrogen) atoms. The summed E-state index contributed by atoms with van der Waals surface area (Å²) < 4.78 is 5.69. The first-order valence-corrected chi connectivity index (χ1v) is 6.67. The summed E-state index contributed by atoms with van der Waals surface area (Å²) in [6, 6.07) is 5.30. The van der Waals surface area contributed by atoms with Gasteiger partial charge in [-0.3, -0.25) is 0 Å². The van der Waals surface area contributed by atoms with Crippen molar-refractivity contribution in [2.45, 2.75) is 12.8 Å². The zero-order valence-corrected chi connectivity index (χ0v) is 11.2. The van der Waals surface area contributed by atoms with E-state index in [1.54, 1.807) is 12.1 Å². The lowest BCUT2D eigenvalue weighted by Crippen LogP contribution is -2.14. The molecule has 1 saturated carbocycles. The fourth-order valence-corrected chi connectivity index (χ4v) is 2.50. The summed E-state index contributed by atoms with van der Waals surface area (Å²) in [6.07, 6.45) is 2.45. The van der Waals surface area contributed by atoms with E-state index in [1.165, 1.54) is 12.8 Å². The van der Waals surface area contributed by atoms with E-state index in [1.807, 2.05) is 6.07 Å². The van der Waals surface area contributed by atoms with Gasteiger partial charge in [-0.05, 0) is 31.0 Å². The zero-order valence-electron chi connectivity index (χ0n) is 8.10. The molecule has 4 heteroatoms. The molecule has 82 valence electrons. The molecule has 0 amide bonds. The van der Waals surface area contributed by atoms with Crippen LogP contribution in [0.3, 0.4) is 0 Å². The minimum atomic E-state index is 0.336. The van der Waals surface area contributed by atoms with E-state index >= 15 is 0 Å². The van der Waals surface area contributed by atoms with Crippen LogP contribution in [0.1, 0.15) is 12.8 Å². The number of halogens is 3. The molecule has 0 bridgehead atoms. The highest BCUT2D eigenvalue weighted by Crippen LogP contribution is 2.47. The van der Waals surface area contributed by atoms with Crippen molar-refractivity contribution in [3.8, 4) is 5.75 Å². The number of ether oxygens (including phenoxy) is 1. The van der Waals surface area contributed by atoms with Gasteiger partial charge < -0.3 is 4.74 Å². The van der Waals surface area contributed by atoms with Crippen molar-refractivity contribution in [2.24, 2.45) is 5.41 Å². The average molecular weight is 310 g/mol. The minimum absolute atomic E-state index is 0.336. The molecular formula is C11H11BrCl2O. The van der Waals surface area contributed by atoms with Crippen LogP contribution >= 0.6 is 39.1 Å². The third-order valence-electron chi connectivity index (χ3n) is 2.67. The smallest absolute Gasteiger partial charge is 0.138 e. The Kier molecular flexibility index (Phi) is 3.49. The molecule has 1 aliphatic rings. The molecule has 1 aromatic rings. The van der Waals surface area contributed by atoms with E-state index in [9.17, 15) is 0 Å². The second-order valence-electron chi connectivity index (χ2n) is 4.00. The molecule has 1 fully saturated rings. The molecule has 0 unspecified atom stereocenters. The van der Waals surface area contributed by atoms with Gasteiger partial charge in [0, 0.05) is 15.8 Å². The van der Waals surface area contributed by atoms with E-state index in [0.29, 0.717) is 21.2 Å². The van der Waals surface area contributed by atoms with Crippen molar-refractivity contribution >= 4 is 39.1 Å². The first-order chi connectivity index (χ1) is 7.15. The number of hydrogen-bond donors (Lipinski definition) is 0. The third-order valence-corrected chi connectivity index (χ3v) is 4.39. The van der Waals surface area contributed by atoms with Gasteiger partial charge in [-0.2, -0.15) is 0 Å². The largest absolute Gasteiger partial charge is 0.491 e. The molecule has 0 atom stereocenters. The predicted octanol–water partition coefficient (Wildman–Crippen LogP) is 4.55. The van der Waals surface area contributed by atoms with Crippen molar-refractivity contribution in [1.82, 2.24) is 0 Å². The fourth-order valence-electron chi connectivity index (χ4n) is 1.32. The van der Waals surface area contributed by atoms with Crippen LogP contribution in [0.15, 0.2) is 18.2 Å². The standard InChI is InChI=1S/C11H11BrCl2O/c12-6-11(3-4-11)7-15-10-2-1-8(13)5-9(10)14/h1-2,5H,3-4,6-7H2. The summed E-state index contributed by atoms with van der Waals surface area (Å²) in [7, 11) is 0. The summed E-state index contributed by atoms with van der Waals surface area (Å²) in [5.41, 5.74) is 0.336. The molecule has 1 aromatic carbocycles. The van der Waals surface area contributed by atoms with Crippen LogP contribution in [-0.4, -0.2) is 11.9 Å². The Morgan fingerprint density at radius 1 is 1.33 bits per heavy atom. The summed E-state index contributed by atoms with van der Waals surface area (Å²) in [5, 5.41) is 2.20. The Labute approximate surface area is 108 Å². The number of rotatable bonds is 4. The summed E-state index contributed by atoms with van der Waals surface area (Å²) in [5.74, 6) is 0.716. The zero-order chi connectivity index (χ0) is 10.9. The molecule has 2 rings (SSSR count). The second-order valence-corrected chi connectivity index (χ2v) is 5.40. The van der Waals surface area contributed by atoms with Crippen LogP contribution in [0.25, 0.3) is 0 Å². The highest BCUT2D eigenvalue weighted by Gasteiger charge is 2.42. The average Bonchev–Trinajstić information content (AvgIpc) is 2.97. The van der Waals surface area contributed by atoms with Gasteiger partial charge in [-0.15, -0.1) is 0 Å². The maximum Gasteiger partial charge on any atom is 0.138 e. The predicted molar refractivity (Wildman–Crippen MR) is 67.4 cm³/mol. The van der Waals surface area contributed by atoms with Gasteiger partial charge >= 0.3 is 0 Å². The van der Waals surface area contributed by atoms with Gasteiger partial charge in [0.2, 0.25) is 0 Å². The van der Waals surface area contributed by atoms with E-state index in [-0.39, 0.29) is 0 Å². The van der Waals surface area contributed by atoms with E-state index in [4.69, 9.17) is 27.9 Å². The lowest BCUT2D eigenvalue weighted by atomic mass is 10.2. The fraction of sp³-hybridized carbons (Fsp3) is 0.455. The normalized spacial score (nSPS) is 17.5. The molecule has 0 aliphatic heterocycles. The third kappa shape index (κ3) is 2.80. The van der Waals surface area contributed by atoms with Crippen LogP contribution in [-0.2, 0) is 0 Å².